The zero-order valence-electron chi connectivity index (χ0n) is 11.5. The molecule has 0 bridgehead atoms. The number of rotatable bonds is 3. The lowest BCUT2D eigenvalue weighted by Gasteiger charge is -2.17. The van der Waals surface area contributed by atoms with E-state index in [1.165, 1.54) is 11.5 Å². The fourth-order valence-electron chi connectivity index (χ4n) is 2.27. The molecule has 1 aliphatic rings. The van der Waals surface area contributed by atoms with Gasteiger partial charge in [-0.1, -0.05) is 30.3 Å². The number of ether oxygens (including phenoxy) is 1. The number of aromatic nitrogens is 1. The molecule has 1 amide bonds. The van der Waals surface area contributed by atoms with E-state index < -0.39 is 11.7 Å². The molecule has 1 fully saturated rings. The van der Waals surface area contributed by atoms with Crippen molar-refractivity contribution >= 4 is 23.3 Å². The van der Waals surface area contributed by atoms with Crippen molar-refractivity contribution in [2.45, 2.75) is 32.3 Å². The number of benzene rings is 1. The second-order valence-electron chi connectivity index (χ2n) is 5.07. The van der Waals surface area contributed by atoms with E-state index in [0.717, 1.165) is 34.7 Å². The molecule has 1 aliphatic carbocycles. The van der Waals surface area contributed by atoms with Crippen molar-refractivity contribution in [3.05, 3.63) is 46.5 Å². The lowest BCUT2D eigenvalue weighted by atomic mass is 10.1. The molecule has 1 N–H and O–H groups in total. The third-order valence-electron chi connectivity index (χ3n) is 3.55. The lowest BCUT2D eigenvalue weighted by Crippen LogP contribution is -2.22. The van der Waals surface area contributed by atoms with E-state index in [4.69, 9.17) is 4.74 Å². The van der Waals surface area contributed by atoms with Crippen LogP contribution in [0.15, 0.2) is 30.3 Å². The van der Waals surface area contributed by atoms with E-state index in [2.05, 4.69) is 9.69 Å². The second-order valence-corrected chi connectivity index (χ2v) is 6.05. The van der Waals surface area contributed by atoms with Gasteiger partial charge in [-0.2, -0.15) is 4.37 Å². The number of aryl methyl sites for hydroxylation is 2. The maximum absolute atomic E-state index is 12.1. The Bertz CT molecular complexity index is 613. The van der Waals surface area contributed by atoms with Crippen molar-refractivity contribution in [1.29, 1.82) is 0 Å². The maximum atomic E-state index is 12.1. The summed E-state index contributed by atoms with van der Waals surface area (Å²) in [7, 11) is 0. The predicted molar refractivity (Wildman–Crippen MR) is 79.0 cm³/mol. The van der Waals surface area contributed by atoms with E-state index >= 15 is 0 Å². The molecule has 2 aromatic rings. The Labute approximate surface area is 121 Å². The van der Waals surface area contributed by atoms with Gasteiger partial charge >= 0.3 is 6.09 Å². The van der Waals surface area contributed by atoms with Crippen LogP contribution in [0.2, 0.25) is 0 Å². The molecule has 104 valence electrons. The number of anilines is 1. The highest BCUT2D eigenvalue weighted by Gasteiger charge is 2.48. The Balaban J connectivity index is 1.71. The van der Waals surface area contributed by atoms with Crippen molar-refractivity contribution < 1.29 is 9.53 Å². The third-order valence-corrected chi connectivity index (χ3v) is 4.40. The van der Waals surface area contributed by atoms with Crippen LogP contribution in [-0.4, -0.2) is 10.5 Å². The summed E-state index contributed by atoms with van der Waals surface area (Å²) in [5, 5.41) is 2.81. The summed E-state index contributed by atoms with van der Waals surface area (Å²) in [6.45, 7) is 3.81. The van der Waals surface area contributed by atoms with Crippen molar-refractivity contribution in [3.63, 3.8) is 0 Å². The third kappa shape index (κ3) is 2.41. The molecule has 5 heteroatoms. The zero-order chi connectivity index (χ0) is 14.2. The molecule has 0 unspecified atom stereocenters. The van der Waals surface area contributed by atoms with Crippen LogP contribution in [0.1, 0.15) is 29.0 Å². The minimum Gasteiger partial charge on any atom is -0.438 e. The molecular weight excluding hydrogens is 272 g/mol. The highest BCUT2D eigenvalue weighted by atomic mass is 32.1. The first-order valence-corrected chi connectivity index (χ1v) is 7.36. The van der Waals surface area contributed by atoms with Gasteiger partial charge in [-0.15, -0.1) is 0 Å². The smallest absolute Gasteiger partial charge is 0.412 e. The minimum atomic E-state index is -0.434. The van der Waals surface area contributed by atoms with Crippen LogP contribution in [0.4, 0.5) is 10.5 Å². The summed E-state index contributed by atoms with van der Waals surface area (Å²) in [5.74, 6) is 0. The SMILES string of the molecule is Cc1nsc(C)c1NC(=O)OC1(c2ccccc2)CC1. The molecule has 0 aliphatic heterocycles. The average Bonchev–Trinajstić information content (AvgIpc) is 3.17. The number of amides is 1. The molecule has 1 saturated carbocycles. The van der Waals surface area contributed by atoms with Crippen LogP contribution in [0.3, 0.4) is 0 Å². The standard InChI is InChI=1S/C15H16N2O2S/c1-10-13(11(2)20-17-10)16-14(18)19-15(8-9-15)12-6-4-3-5-7-12/h3-7H,8-9H2,1-2H3,(H,16,18). The molecule has 0 radical (unpaired) electrons. The van der Waals surface area contributed by atoms with Gasteiger partial charge in [0.1, 0.15) is 5.60 Å². The Kier molecular flexibility index (Phi) is 3.22. The molecule has 20 heavy (non-hydrogen) atoms. The number of nitrogens with one attached hydrogen (secondary N) is 1. The lowest BCUT2D eigenvalue weighted by molar-refractivity contribution is 0.0941. The first-order valence-electron chi connectivity index (χ1n) is 6.59. The van der Waals surface area contributed by atoms with Gasteiger partial charge in [0.2, 0.25) is 0 Å². The van der Waals surface area contributed by atoms with E-state index in [1.54, 1.807) is 0 Å². The fourth-order valence-corrected chi connectivity index (χ4v) is 2.93. The summed E-state index contributed by atoms with van der Waals surface area (Å²) >= 11 is 1.38. The van der Waals surface area contributed by atoms with Crippen LogP contribution in [-0.2, 0) is 10.3 Å². The monoisotopic (exact) mass is 288 g/mol. The number of hydrogen-bond acceptors (Lipinski definition) is 4. The quantitative estimate of drug-likeness (QED) is 0.928. The van der Waals surface area contributed by atoms with Gasteiger partial charge in [0.15, 0.2) is 0 Å². The van der Waals surface area contributed by atoms with Gasteiger partial charge in [-0.05, 0) is 43.8 Å². The summed E-state index contributed by atoms with van der Waals surface area (Å²) in [6, 6.07) is 9.90. The average molecular weight is 288 g/mol. The second kappa shape index (κ2) is 4.90. The van der Waals surface area contributed by atoms with Gasteiger partial charge < -0.3 is 4.74 Å². The Morgan fingerprint density at radius 1 is 1.30 bits per heavy atom. The maximum Gasteiger partial charge on any atom is 0.412 e. The summed E-state index contributed by atoms with van der Waals surface area (Å²) in [5.41, 5.74) is 2.22. The Morgan fingerprint density at radius 2 is 2.00 bits per heavy atom. The fraction of sp³-hybridized carbons (Fsp3) is 0.333. The highest BCUT2D eigenvalue weighted by molar-refractivity contribution is 7.06. The first kappa shape index (κ1) is 13.1. The largest absolute Gasteiger partial charge is 0.438 e. The first-order chi connectivity index (χ1) is 9.61. The van der Waals surface area contributed by atoms with Crippen LogP contribution >= 0.6 is 11.5 Å². The van der Waals surface area contributed by atoms with Crippen LogP contribution in [0.5, 0.6) is 0 Å². The molecule has 1 aromatic carbocycles. The van der Waals surface area contributed by atoms with E-state index in [0.29, 0.717) is 0 Å². The molecule has 1 aromatic heterocycles. The zero-order valence-corrected chi connectivity index (χ0v) is 12.3. The molecule has 3 rings (SSSR count). The van der Waals surface area contributed by atoms with Crippen LogP contribution < -0.4 is 5.32 Å². The van der Waals surface area contributed by atoms with E-state index in [9.17, 15) is 4.79 Å². The number of hydrogen-bond donors (Lipinski definition) is 1. The van der Waals surface area contributed by atoms with Crippen LogP contribution in [0, 0.1) is 13.8 Å². The van der Waals surface area contributed by atoms with Crippen LogP contribution in [0.25, 0.3) is 0 Å². The normalized spacial score (nSPS) is 15.7. The highest BCUT2D eigenvalue weighted by Crippen LogP contribution is 2.49. The molecule has 4 nitrogen and oxygen atoms in total. The van der Waals surface area contributed by atoms with E-state index in [1.807, 2.05) is 44.2 Å². The molecule has 1 heterocycles. The Hall–Kier alpha value is -1.88. The van der Waals surface area contributed by atoms with Gasteiger partial charge in [-0.25, -0.2) is 4.79 Å². The summed E-state index contributed by atoms with van der Waals surface area (Å²) in [4.78, 5) is 13.1. The topological polar surface area (TPSA) is 51.2 Å². The van der Waals surface area contributed by atoms with Gasteiger partial charge in [0, 0.05) is 4.88 Å². The minimum absolute atomic E-state index is 0.405. The van der Waals surface area contributed by atoms with Crippen molar-refractivity contribution in [3.8, 4) is 0 Å². The van der Waals surface area contributed by atoms with Gasteiger partial charge in [0.25, 0.3) is 0 Å². The molecule has 0 atom stereocenters. The number of carbonyl (C=O) groups excluding carboxylic acids is 1. The molecular formula is C15H16N2O2S. The van der Waals surface area contributed by atoms with E-state index in [-0.39, 0.29) is 0 Å². The van der Waals surface area contributed by atoms with Crippen molar-refractivity contribution in [2.75, 3.05) is 5.32 Å². The van der Waals surface area contributed by atoms with Gasteiger partial charge in [0.05, 0.1) is 11.4 Å². The number of nitrogens with zero attached hydrogens (tertiary/aromatic N) is 1. The predicted octanol–water partition coefficient (Wildman–Crippen LogP) is 4.00. The number of carbonyl (C=O) groups is 1. The Morgan fingerprint density at radius 3 is 2.55 bits per heavy atom. The molecule has 0 saturated heterocycles. The summed E-state index contributed by atoms with van der Waals surface area (Å²) < 4.78 is 9.86. The van der Waals surface area contributed by atoms with Crippen molar-refractivity contribution in [1.82, 2.24) is 4.37 Å². The molecule has 0 spiro atoms. The summed E-state index contributed by atoms with van der Waals surface area (Å²) in [6.07, 6.45) is 1.35. The van der Waals surface area contributed by atoms with Crippen molar-refractivity contribution in [2.24, 2.45) is 0 Å². The van der Waals surface area contributed by atoms with Gasteiger partial charge in [-0.3, -0.25) is 5.32 Å².